The zero-order valence-electron chi connectivity index (χ0n) is 6.68. The van der Waals surface area contributed by atoms with Crippen LogP contribution in [0.3, 0.4) is 0 Å². The highest BCUT2D eigenvalue weighted by Gasteiger charge is 2.32. The number of nitrogen functional groups attached to an aromatic ring is 2. The van der Waals surface area contributed by atoms with Crippen LogP contribution in [-0.4, -0.2) is 11.3 Å². The van der Waals surface area contributed by atoms with Gasteiger partial charge in [0.1, 0.15) is 11.5 Å². The zero-order valence-corrected chi connectivity index (χ0v) is 6.68. The number of ether oxygens (including phenoxy) is 1. The molecule has 78 valence electrons. The quantitative estimate of drug-likeness (QED) is 0.625. The van der Waals surface area contributed by atoms with Crippen LogP contribution in [0.4, 0.5) is 24.7 Å². The second kappa shape index (κ2) is 3.13. The van der Waals surface area contributed by atoms with Gasteiger partial charge in [0, 0.05) is 6.07 Å². The van der Waals surface area contributed by atoms with Gasteiger partial charge in [-0.05, 0) is 0 Å². The Hall–Kier alpha value is -1.86. The summed E-state index contributed by atoms with van der Waals surface area (Å²) < 4.78 is 38.7. The first-order valence-electron chi connectivity index (χ1n) is 3.33. The minimum atomic E-state index is -4.93. The fraction of sp³-hybridized carbons (Fsp3) is 0.167. The summed E-state index contributed by atoms with van der Waals surface area (Å²) >= 11 is 0. The lowest BCUT2D eigenvalue weighted by Gasteiger charge is -2.10. The molecular weight excluding hydrogens is 203 g/mol. The molecule has 0 spiro atoms. The third-order valence-corrected chi connectivity index (χ3v) is 1.27. The van der Waals surface area contributed by atoms with Gasteiger partial charge >= 0.3 is 6.36 Å². The highest BCUT2D eigenvalue weighted by Crippen LogP contribution is 2.24. The molecule has 0 fully saturated rings. The zero-order chi connectivity index (χ0) is 10.9. The molecule has 5 nitrogen and oxygen atoms in total. The molecule has 0 bridgehead atoms. The van der Waals surface area contributed by atoms with Gasteiger partial charge in [-0.15, -0.1) is 13.2 Å². The van der Waals surface area contributed by atoms with E-state index in [1.54, 1.807) is 0 Å². The summed E-state index contributed by atoms with van der Waals surface area (Å²) in [5, 5.41) is 0. The van der Waals surface area contributed by atoms with Crippen LogP contribution in [0.2, 0.25) is 0 Å². The number of alkyl halides is 3. The van der Waals surface area contributed by atoms with Gasteiger partial charge in [-0.25, -0.2) is 0 Å². The second-order valence-electron chi connectivity index (χ2n) is 2.38. The lowest BCUT2D eigenvalue weighted by atomic mass is 10.4. The number of rotatable bonds is 1. The molecule has 8 heteroatoms. The van der Waals surface area contributed by atoms with Gasteiger partial charge in [0.15, 0.2) is 0 Å². The molecule has 0 saturated carbocycles. The number of hydrogen-bond acceptors (Lipinski definition) is 4. The molecule has 0 aliphatic heterocycles. The molecule has 14 heavy (non-hydrogen) atoms. The first-order valence-corrected chi connectivity index (χ1v) is 3.33. The molecule has 0 unspecified atom stereocenters. The van der Waals surface area contributed by atoms with E-state index in [4.69, 9.17) is 11.5 Å². The molecule has 0 amide bonds. The highest BCUT2D eigenvalue weighted by molar-refractivity contribution is 5.52. The van der Waals surface area contributed by atoms with Crippen LogP contribution in [0.25, 0.3) is 0 Å². The summed E-state index contributed by atoms with van der Waals surface area (Å²) in [7, 11) is 0. The summed E-state index contributed by atoms with van der Waals surface area (Å²) in [5.74, 6) is -1.16. The second-order valence-corrected chi connectivity index (χ2v) is 2.38. The van der Waals surface area contributed by atoms with E-state index in [-0.39, 0.29) is 5.82 Å². The van der Waals surface area contributed by atoms with Gasteiger partial charge in [0.2, 0.25) is 11.3 Å². The topological polar surface area (TPSA) is 94.1 Å². The number of nitrogens with one attached hydrogen (secondary N) is 1. The third kappa shape index (κ3) is 2.31. The van der Waals surface area contributed by atoms with Gasteiger partial charge in [-0.1, -0.05) is 0 Å². The number of nitrogens with two attached hydrogens (primary N) is 2. The summed E-state index contributed by atoms with van der Waals surface area (Å²) in [5.41, 5.74) is 8.62. The van der Waals surface area contributed by atoms with Crippen LogP contribution in [0.15, 0.2) is 10.9 Å². The smallest absolute Gasteiger partial charge is 0.391 e. The number of halogens is 3. The summed E-state index contributed by atoms with van der Waals surface area (Å²) in [4.78, 5) is 12.9. The number of anilines is 2. The minimum Gasteiger partial charge on any atom is -0.391 e. The predicted molar refractivity (Wildman–Crippen MR) is 42.6 cm³/mol. The monoisotopic (exact) mass is 209 g/mol. The van der Waals surface area contributed by atoms with Crippen LogP contribution in [-0.2, 0) is 0 Å². The van der Waals surface area contributed by atoms with Gasteiger partial charge in [0.05, 0.1) is 0 Å². The largest absolute Gasteiger partial charge is 0.574 e. The molecule has 0 atom stereocenters. The maximum Gasteiger partial charge on any atom is 0.574 e. The first-order chi connectivity index (χ1) is 6.29. The Morgan fingerprint density at radius 1 is 1.36 bits per heavy atom. The Morgan fingerprint density at radius 2 is 1.93 bits per heavy atom. The van der Waals surface area contributed by atoms with E-state index in [1.165, 1.54) is 0 Å². The van der Waals surface area contributed by atoms with Gasteiger partial charge in [0.25, 0.3) is 0 Å². The van der Waals surface area contributed by atoms with E-state index in [0.717, 1.165) is 6.07 Å². The SMILES string of the molecule is Nc1cc(=O)c(N)c(OC(F)(F)F)[nH]1. The molecule has 1 aromatic heterocycles. The van der Waals surface area contributed by atoms with Gasteiger partial charge in [-0.3, -0.25) is 4.79 Å². The molecule has 0 aliphatic rings. The van der Waals surface area contributed by atoms with Crippen molar-refractivity contribution >= 4 is 11.5 Å². The lowest BCUT2D eigenvalue weighted by Crippen LogP contribution is -2.22. The normalized spacial score (nSPS) is 11.4. The van der Waals surface area contributed by atoms with E-state index < -0.39 is 23.4 Å². The fourth-order valence-corrected chi connectivity index (χ4v) is 0.762. The number of aromatic amines is 1. The molecule has 0 saturated heterocycles. The Morgan fingerprint density at radius 3 is 2.43 bits per heavy atom. The Labute approximate surface area is 75.5 Å². The van der Waals surface area contributed by atoms with Crippen LogP contribution in [0.1, 0.15) is 0 Å². The van der Waals surface area contributed by atoms with E-state index in [9.17, 15) is 18.0 Å². The van der Waals surface area contributed by atoms with E-state index >= 15 is 0 Å². The van der Waals surface area contributed by atoms with Crippen LogP contribution < -0.4 is 21.6 Å². The maximum absolute atomic E-state index is 11.7. The average Bonchev–Trinajstić information content (AvgIpc) is 1.96. The van der Waals surface area contributed by atoms with Crippen molar-refractivity contribution in [2.24, 2.45) is 0 Å². The Kier molecular flexibility index (Phi) is 2.28. The van der Waals surface area contributed by atoms with E-state index in [1.807, 2.05) is 4.98 Å². The number of hydrogen-bond donors (Lipinski definition) is 3. The summed E-state index contributed by atoms with van der Waals surface area (Å²) in [6.45, 7) is 0. The predicted octanol–water partition coefficient (Wildman–Crippen LogP) is 0.438. The third-order valence-electron chi connectivity index (χ3n) is 1.27. The van der Waals surface area contributed by atoms with Crippen LogP contribution in [0.5, 0.6) is 5.88 Å². The Balaban J connectivity index is 3.15. The van der Waals surface area contributed by atoms with E-state index in [2.05, 4.69) is 4.74 Å². The summed E-state index contributed by atoms with van der Waals surface area (Å²) in [6, 6.07) is 0.860. The Bertz CT molecular complexity index is 398. The number of H-pyrrole nitrogens is 1. The van der Waals surface area contributed by atoms with Crippen LogP contribution in [0, 0.1) is 0 Å². The minimum absolute atomic E-state index is 0.261. The standard InChI is InChI=1S/C6H6F3N3O2/c7-6(8,9)14-5-4(11)2(13)1-3(10)12-5/h1H,11H2,(H3,10,12,13). The van der Waals surface area contributed by atoms with Crippen molar-refractivity contribution in [1.29, 1.82) is 0 Å². The van der Waals surface area contributed by atoms with Crippen molar-refractivity contribution in [3.63, 3.8) is 0 Å². The molecule has 1 rings (SSSR count). The van der Waals surface area contributed by atoms with Crippen molar-refractivity contribution in [2.45, 2.75) is 6.36 Å². The van der Waals surface area contributed by atoms with Crippen LogP contribution >= 0.6 is 0 Å². The first kappa shape index (κ1) is 10.2. The van der Waals surface area contributed by atoms with Crippen molar-refractivity contribution < 1.29 is 17.9 Å². The molecule has 1 aromatic rings. The van der Waals surface area contributed by atoms with Crippen molar-refractivity contribution in [3.8, 4) is 5.88 Å². The summed E-state index contributed by atoms with van der Waals surface area (Å²) in [6.07, 6.45) is -4.93. The molecular formula is C6H6F3N3O2. The molecule has 5 N–H and O–H groups in total. The van der Waals surface area contributed by atoms with Crippen molar-refractivity contribution in [3.05, 3.63) is 16.3 Å². The molecule has 0 aliphatic carbocycles. The van der Waals surface area contributed by atoms with Crippen molar-refractivity contribution in [1.82, 2.24) is 4.98 Å². The lowest BCUT2D eigenvalue weighted by molar-refractivity contribution is -0.275. The van der Waals surface area contributed by atoms with Gasteiger partial charge in [-0.2, -0.15) is 0 Å². The molecule has 0 radical (unpaired) electrons. The van der Waals surface area contributed by atoms with E-state index in [0.29, 0.717) is 0 Å². The fourth-order valence-electron chi connectivity index (χ4n) is 0.762. The highest BCUT2D eigenvalue weighted by atomic mass is 19.4. The van der Waals surface area contributed by atoms with Crippen molar-refractivity contribution in [2.75, 3.05) is 11.5 Å². The average molecular weight is 209 g/mol. The van der Waals surface area contributed by atoms with Gasteiger partial charge < -0.3 is 21.2 Å². The maximum atomic E-state index is 11.7. The number of pyridine rings is 1. The molecule has 1 heterocycles. The molecule has 0 aromatic carbocycles. The number of aromatic nitrogens is 1.